The minimum atomic E-state index is -0.475. The van der Waals surface area contributed by atoms with E-state index in [9.17, 15) is 13.6 Å². The zero-order valence-electron chi connectivity index (χ0n) is 8.09. The van der Waals surface area contributed by atoms with Gasteiger partial charge in [0, 0.05) is 13.0 Å². The highest BCUT2D eigenvalue weighted by molar-refractivity contribution is 5.86. The lowest BCUT2D eigenvalue weighted by atomic mass is 10.0. The number of hydrogen-bond acceptors (Lipinski definition) is 2. The van der Waals surface area contributed by atoms with Crippen molar-refractivity contribution in [2.75, 3.05) is 6.54 Å². The Bertz CT molecular complexity index is 392. The molecule has 1 aromatic carbocycles. The summed E-state index contributed by atoms with van der Waals surface area (Å²) in [5.74, 6) is -0.867. The van der Waals surface area contributed by atoms with Crippen LogP contribution in [-0.2, 0) is 11.2 Å². The number of carbonyl (C=O) groups is 1. The van der Waals surface area contributed by atoms with E-state index in [2.05, 4.69) is 5.32 Å². The first-order valence-corrected chi connectivity index (χ1v) is 4.87. The van der Waals surface area contributed by atoms with E-state index in [0.29, 0.717) is 13.0 Å². The van der Waals surface area contributed by atoms with Gasteiger partial charge in [0.2, 0.25) is 0 Å². The lowest BCUT2D eigenvalue weighted by Crippen LogP contribution is -2.29. The second kappa shape index (κ2) is 4.06. The van der Waals surface area contributed by atoms with Gasteiger partial charge in [-0.15, -0.1) is 0 Å². The highest BCUT2D eigenvalue weighted by atomic mass is 19.1. The first-order chi connectivity index (χ1) is 7.16. The molecule has 0 saturated carbocycles. The van der Waals surface area contributed by atoms with E-state index < -0.39 is 11.6 Å². The van der Waals surface area contributed by atoms with Crippen LogP contribution in [0.2, 0.25) is 0 Å². The maximum atomic E-state index is 13.2. The van der Waals surface area contributed by atoms with Gasteiger partial charge in [-0.3, -0.25) is 4.79 Å². The number of nitrogens with one attached hydrogen (secondary N) is 1. The molecule has 1 N–H and O–H groups in total. The monoisotopic (exact) mass is 211 g/mol. The van der Waals surface area contributed by atoms with Crippen LogP contribution in [0.5, 0.6) is 0 Å². The van der Waals surface area contributed by atoms with Crippen molar-refractivity contribution in [2.45, 2.75) is 18.9 Å². The molecule has 1 unspecified atom stereocenters. The van der Waals surface area contributed by atoms with E-state index in [1.807, 2.05) is 0 Å². The first-order valence-electron chi connectivity index (χ1n) is 4.87. The summed E-state index contributed by atoms with van der Waals surface area (Å²) in [5, 5.41) is 2.96. The molecule has 1 fully saturated rings. The molecule has 1 heterocycles. The summed E-state index contributed by atoms with van der Waals surface area (Å²) in [7, 11) is 0. The first kappa shape index (κ1) is 10.2. The van der Waals surface area contributed by atoms with E-state index in [1.54, 1.807) is 0 Å². The lowest BCUT2D eigenvalue weighted by Gasteiger charge is -2.09. The number of hydrogen-bond donors (Lipinski definition) is 1. The van der Waals surface area contributed by atoms with Crippen molar-refractivity contribution in [1.82, 2.24) is 5.32 Å². The van der Waals surface area contributed by atoms with Crippen LogP contribution in [0.3, 0.4) is 0 Å². The molecule has 0 bridgehead atoms. The Kier molecular flexibility index (Phi) is 2.77. The third-order valence-corrected chi connectivity index (χ3v) is 2.58. The summed E-state index contributed by atoms with van der Waals surface area (Å²) in [5.41, 5.74) is 0.253. The van der Waals surface area contributed by atoms with Gasteiger partial charge in [0.15, 0.2) is 5.78 Å². The van der Waals surface area contributed by atoms with Gasteiger partial charge in [0.25, 0.3) is 0 Å². The largest absolute Gasteiger partial charge is 0.307 e. The van der Waals surface area contributed by atoms with Gasteiger partial charge in [-0.05, 0) is 30.2 Å². The molecule has 0 radical (unpaired) electrons. The summed E-state index contributed by atoms with van der Waals surface area (Å²) in [6.45, 7) is 0.625. The SMILES string of the molecule is O=C1CCNC1Cc1cc(F)ccc1F. The summed E-state index contributed by atoms with van der Waals surface area (Å²) in [6.07, 6.45) is 0.698. The van der Waals surface area contributed by atoms with Crippen LogP contribution in [0.15, 0.2) is 18.2 Å². The molecule has 0 aliphatic carbocycles. The van der Waals surface area contributed by atoms with Crippen molar-refractivity contribution in [1.29, 1.82) is 0 Å². The Hall–Kier alpha value is -1.29. The van der Waals surface area contributed by atoms with Crippen LogP contribution in [-0.4, -0.2) is 18.4 Å². The predicted molar refractivity (Wildman–Crippen MR) is 51.5 cm³/mol. The fourth-order valence-electron chi connectivity index (χ4n) is 1.76. The van der Waals surface area contributed by atoms with Gasteiger partial charge in [-0.2, -0.15) is 0 Å². The van der Waals surface area contributed by atoms with E-state index in [1.165, 1.54) is 0 Å². The quantitative estimate of drug-likeness (QED) is 0.802. The van der Waals surface area contributed by atoms with Gasteiger partial charge in [0.05, 0.1) is 6.04 Å². The smallest absolute Gasteiger partial charge is 0.151 e. The molecule has 1 atom stereocenters. The Morgan fingerprint density at radius 1 is 1.40 bits per heavy atom. The normalized spacial score (nSPS) is 20.9. The van der Waals surface area contributed by atoms with Crippen LogP contribution in [0.4, 0.5) is 8.78 Å². The topological polar surface area (TPSA) is 29.1 Å². The molecular formula is C11H11F2NO. The third kappa shape index (κ3) is 2.21. The van der Waals surface area contributed by atoms with Crippen molar-refractivity contribution in [3.05, 3.63) is 35.4 Å². The van der Waals surface area contributed by atoms with Crippen molar-refractivity contribution in [3.63, 3.8) is 0 Å². The molecule has 4 heteroatoms. The van der Waals surface area contributed by atoms with Gasteiger partial charge < -0.3 is 5.32 Å². The zero-order chi connectivity index (χ0) is 10.8. The summed E-state index contributed by atoms with van der Waals surface area (Å²) in [4.78, 5) is 11.3. The van der Waals surface area contributed by atoms with Gasteiger partial charge >= 0.3 is 0 Å². The van der Waals surface area contributed by atoms with Crippen LogP contribution in [0.25, 0.3) is 0 Å². The predicted octanol–water partition coefficient (Wildman–Crippen LogP) is 1.44. The minimum absolute atomic E-state index is 0.0682. The molecule has 1 aliphatic heterocycles. The zero-order valence-corrected chi connectivity index (χ0v) is 8.09. The molecular weight excluding hydrogens is 200 g/mol. The van der Waals surface area contributed by atoms with E-state index in [-0.39, 0.29) is 23.8 Å². The van der Waals surface area contributed by atoms with Gasteiger partial charge in [-0.25, -0.2) is 8.78 Å². The van der Waals surface area contributed by atoms with Crippen molar-refractivity contribution < 1.29 is 13.6 Å². The van der Waals surface area contributed by atoms with E-state index in [0.717, 1.165) is 18.2 Å². The molecule has 80 valence electrons. The molecule has 0 amide bonds. The Labute approximate surface area is 86.3 Å². The third-order valence-electron chi connectivity index (χ3n) is 2.58. The van der Waals surface area contributed by atoms with Crippen LogP contribution in [0, 0.1) is 11.6 Å². The molecule has 1 aromatic rings. The molecule has 0 spiro atoms. The van der Waals surface area contributed by atoms with Crippen LogP contribution < -0.4 is 5.32 Å². The maximum Gasteiger partial charge on any atom is 0.151 e. The lowest BCUT2D eigenvalue weighted by molar-refractivity contribution is -0.118. The van der Waals surface area contributed by atoms with E-state index >= 15 is 0 Å². The number of benzene rings is 1. The van der Waals surface area contributed by atoms with Crippen molar-refractivity contribution >= 4 is 5.78 Å². The molecule has 1 aliphatic rings. The summed E-state index contributed by atoms with van der Waals surface area (Å²) < 4.78 is 26.1. The number of Topliss-reactive ketones (excluding diaryl/α,β-unsaturated/α-hetero) is 1. The summed E-state index contributed by atoms with van der Waals surface area (Å²) >= 11 is 0. The molecule has 2 rings (SSSR count). The average Bonchev–Trinajstić information content (AvgIpc) is 2.58. The molecule has 15 heavy (non-hydrogen) atoms. The minimum Gasteiger partial charge on any atom is -0.307 e. The Balaban J connectivity index is 2.16. The van der Waals surface area contributed by atoms with Crippen LogP contribution >= 0.6 is 0 Å². The van der Waals surface area contributed by atoms with Crippen LogP contribution in [0.1, 0.15) is 12.0 Å². The molecule has 0 aromatic heterocycles. The molecule has 2 nitrogen and oxygen atoms in total. The highest BCUT2D eigenvalue weighted by Crippen LogP contribution is 2.14. The second-order valence-electron chi connectivity index (χ2n) is 3.66. The Morgan fingerprint density at radius 3 is 2.87 bits per heavy atom. The van der Waals surface area contributed by atoms with Crippen molar-refractivity contribution in [2.24, 2.45) is 0 Å². The standard InChI is InChI=1S/C11H11F2NO/c12-8-1-2-9(13)7(5-8)6-10-11(15)3-4-14-10/h1-2,5,10,14H,3-4,6H2. The van der Waals surface area contributed by atoms with Gasteiger partial charge in [0.1, 0.15) is 11.6 Å². The Morgan fingerprint density at radius 2 is 2.20 bits per heavy atom. The highest BCUT2D eigenvalue weighted by Gasteiger charge is 2.24. The maximum absolute atomic E-state index is 13.2. The second-order valence-corrected chi connectivity index (χ2v) is 3.66. The molecule has 1 saturated heterocycles. The van der Waals surface area contributed by atoms with Crippen molar-refractivity contribution in [3.8, 4) is 0 Å². The van der Waals surface area contributed by atoms with Gasteiger partial charge in [-0.1, -0.05) is 0 Å². The number of carbonyl (C=O) groups excluding carboxylic acids is 1. The number of ketones is 1. The number of rotatable bonds is 2. The van der Waals surface area contributed by atoms with E-state index in [4.69, 9.17) is 0 Å². The fraction of sp³-hybridized carbons (Fsp3) is 0.364. The summed E-state index contributed by atoms with van der Waals surface area (Å²) in [6, 6.07) is 2.94. The average molecular weight is 211 g/mol. The fourth-order valence-corrected chi connectivity index (χ4v) is 1.76. The number of halogens is 2.